The minimum absolute atomic E-state index is 0.103. The van der Waals surface area contributed by atoms with Gasteiger partial charge in [0.15, 0.2) is 6.29 Å². The standard InChI is InChI=1S/C31H45F3O5/c1-36-29(35)20-18-16-14-12-10-8-6-4-2-3-5-7-9-11-13-15-17-19-26-21-22-28(39-31(32,33)34)27(25-26)30-37-23-24-38-30/h21-22,25,30H,2-16,18,20,23-24H2,1H3. The first-order valence-corrected chi connectivity index (χ1v) is 14.6. The molecular weight excluding hydrogens is 509 g/mol. The molecule has 1 aliphatic heterocycles. The molecule has 0 bridgehead atoms. The summed E-state index contributed by atoms with van der Waals surface area (Å²) >= 11 is 0. The highest BCUT2D eigenvalue weighted by Gasteiger charge is 2.34. The topological polar surface area (TPSA) is 54.0 Å². The van der Waals surface area contributed by atoms with Gasteiger partial charge in [-0.2, -0.15) is 0 Å². The number of rotatable bonds is 19. The van der Waals surface area contributed by atoms with Crippen molar-refractivity contribution < 1.29 is 36.9 Å². The number of carbonyl (C=O) groups is 1. The first-order chi connectivity index (χ1) is 18.9. The lowest BCUT2D eigenvalue weighted by Crippen LogP contribution is -2.19. The normalized spacial score (nSPS) is 13.7. The summed E-state index contributed by atoms with van der Waals surface area (Å²) in [5.41, 5.74) is 0.829. The average molecular weight is 555 g/mol. The molecule has 0 spiro atoms. The largest absolute Gasteiger partial charge is 0.573 e. The van der Waals surface area contributed by atoms with Crippen LogP contribution in [0, 0.1) is 11.8 Å². The molecule has 1 aliphatic rings. The number of carbonyl (C=O) groups excluding carboxylic acids is 1. The number of halogens is 3. The van der Waals surface area contributed by atoms with Gasteiger partial charge in [-0.3, -0.25) is 4.79 Å². The van der Waals surface area contributed by atoms with Crippen LogP contribution < -0.4 is 4.74 Å². The minimum Gasteiger partial charge on any atom is -0.469 e. The van der Waals surface area contributed by atoms with Crippen LogP contribution >= 0.6 is 0 Å². The number of benzene rings is 1. The third-order valence-electron chi connectivity index (χ3n) is 6.75. The van der Waals surface area contributed by atoms with E-state index in [-0.39, 0.29) is 17.3 Å². The third-order valence-corrected chi connectivity index (χ3v) is 6.75. The molecule has 39 heavy (non-hydrogen) atoms. The summed E-state index contributed by atoms with van der Waals surface area (Å²) in [6, 6.07) is 4.36. The number of unbranched alkanes of at least 4 members (excludes halogenated alkanes) is 15. The number of hydrogen-bond donors (Lipinski definition) is 0. The van der Waals surface area contributed by atoms with Gasteiger partial charge in [0.1, 0.15) is 5.75 Å². The Morgan fingerprint density at radius 3 is 1.87 bits per heavy atom. The van der Waals surface area contributed by atoms with E-state index in [4.69, 9.17) is 9.47 Å². The number of alkyl halides is 3. The summed E-state index contributed by atoms with van der Waals surface area (Å²) in [5, 5.41) is 0. The Morgan fingerprint density at radius 1 is 0.846 bits per heavy atom. The van der Waals surface area contributed by atoms with Gasteiger partial charge in [0.2, 0.25) is 0 Å². The maximum Gasteiger partial charge on any atom is 0.573 e. The van der Waals surface area contributed by atoms with E-state index in [0.29, 0.717) is 25.2 Å². The molecule has 1 saturated heterocycles. The minimum atomic E-state index is -4.78. The van der Waals surface area contributed by atoms with Crippen molar-refractivity contribution in [2.24, 2.45) is 0 Å². The second-order valence-corrected chi connectivity index (χ2v) is 10.1. The van der Waals surface area contributed by atoms with Gasteiger partial charge in [-0.05, 0) is 31.0 Å². The van der Waals surface area contributed by atoms with E-state index >= 15 is 0 Å². The van der Waals surface area contributed by atoms with Crippen LogP contribution in [0.5, 0.6) is 5.75 Å². The molecule has 1 fully saturated rings. The van der Waals surface area contributed by atoms with Crippen LogP contribution in [0.4, 0.5) is 13.2 Å². The molecule has 8 heteroatoms. The molecule has 0 atom stereocenters. The highest BCUT2D eigenvalue weighted by atomic mass is 19.4. The SMILES string of the molecule is COC(=O)CCCCCCCCCCCCCCCCCC#Cc1ccc(OC(F)(F)F)c(C2OCCO2)c1. The lowest BCUT2D eigenvalue weighted by atomic mass is 10.0. The Kier molecular flexibility index (Phi) is 16.7. The molecule has 0 N–H and O–H groups in total. The maximum atomic E-state index is 12.7. The molecule has 220 valence electrons. The first-order valence-electron chi connectivity index (χ1n) is 14.6. The van der Waals surface area contributed by atoms with Crippen molar-refractivity contribution in [1.82, 2.24) is 0 Å². The smallest absolute Gasteiger partial charge is 0.469 e. The fourth-order valence-electron chi connectivity index (χ4n) is 4.61. The molecule has 1 aromatic rings. The van der Waals surface area contributed by atoms with Gasteiger partial charge < -0.3 is 18.9 Å². The van der Waals surface area contributed by atoms with Crippen molar-refractivity contribution >= 4 is 5.97 Å². The van der Waals surface area contributed by atoms with Crippen molar-refractivity contribution in [3.63, 3.8) is 0 Å². The van der Waals surface area contributed by atoms with Gasteiger partial charge >= 0.3 is 12.3 Å². The molecule has 0 aromatic heterocycles. The van der Waals surface area contributed by atoms with E-state index in [9.17, 15) is 18.0 Å². The van der Waals surface area contributed by atoms with Crippen LogP contribution in [0.1, 0.15) is 127 Å². The summed E-state index contributed by atoms with van der Waals surface area (Å²) in [4.78, 5) is 11.0. The van der Waals surface area contributed by atoms with Crippen molar-refractivity contribution in [1.29, 1.82) is 0 Å². The van der Waals surface area contributed by atoms with Crippen LogP contribution in [0.2, 0.25) is 0 Å². The Labute approximate surface area is 232 Å². The lowest BCUT2D eigenvalue weighted by molar-refractivity contribution is -0.275. The van der Waals surface area contributed by atoms with E-state index in [1.54, 1.807) is 6.07 Å². The second kappa shape index (κ2) is 19.8. The van der Waals surface area contributed by atoms with Gasteiger partial charge in [-0.15, -0.1) is 13.2 Å². The first kappa shape index (κ1) is 33.0. The predicted octanol–water partition coefficient (Wildman–Crippen LogP) is 8.79. The molecule has 0 saturated carbocycles. The van der Waals surface area contributed by atoms with Crippen molar-refractivity contribution in [3.8, 4) is 17.6 Å². The van der Waals surface area contributed by atoms with Crippen LogP contribution in [0.15, 0.2) is 18.2 Å². The monoisotopic (exact) mass is 554 g/mol. The molecule has 0 aliphatic carbocycles. The number of ether oxygens (including phenoxy) is 4. The molecule has 1 aromatic carbocycles. The van der Waals surface area contributed by atoms with E-state index < -0.39 is 12.7 Å². The van der Waals surface area contributed by atoms with E-state index in [0.717, 1.165) is 32.1 Å². The fraction of sp³-hybridized carbons (Fsp3) is 0.710. The molecule has 2 rings (SSSR count). The van der Waals surface area contributed by atoms with Gasteiger partial charge in [0.25, 0.3) is 0 Å². The average Bonchev–Trinajstić information content (AvgIpc) is 3.44. The van der Waals surface area contributed by atoms with E-state index in [1.807, 2.05) is 0 Å². The third kappa shape index (κ3) is 15.8. The second-order valence-electron chi connectivity index (χ2n) is 10.1. The number of methoxy groups -OCH3 is 1. The Hall–Kier alpha value is -2.24. The van der Waals surface area contributed by atoms with E-state index in [1.165, 1.54) is 89.9 Å². The summed E-state index contributed by atoms with van der Waals surface area (Å²) in [5.74, 6) is 5.75. The summed E-state index contributed by atoms with van der Waals surface area (Å²) in [6.45, 7) is 0.656. The van der Waals surface area contributed by atoms with Crippen LogP contribution in [-0.4, -0.2) is 32.7 Å². The molecule has 5 nitrogen and oxygen atoms in total. The van der Waals surface area contributed by atoms with Gasteiger partial charge in [-0.1, -0.05) is 95.3 Å². The van der Waals surface area contributed by atoms with Crippen LogP contribution in [0.25, 0.3) is 0 Å². The van der Waals surface area contributed by atoms with Gasteiger partial charge in [0, 0.05) is 18.4 Å². The van der Waals surface area contributed by atoms with Gasteiger partial charge in [0.05, 0.1) is 25.9 Å². The Morgan fingerprint density at radius 2 is 1.36 bits per heavy atom. The molecule has 0 amide bonds. The fourth-order valence-corrected chi connectivity index (χ4v) is 4.61. The zero-order valence-electron chi connectivity index (χ0n) is 23.4. The van der Waals surface area contributed by atoms with Crippen molar-refractivity contribution in [2.45, 2.75) is 122 Å². The summed E-state index contributed by atoms with van der Waals surface area (Å²) in [6.07, 6.45) is 14.0. The summed E-state index contributed by atoms with van der Waals surface area (Å²) in [7, 11) is 1.44. The predicted molar refractivity (Wildman–Crippen MR) is 145 cm³/mol. The summed E-state index contributed by atoms with van der Waals surface area (Å²) < 4.78 is 57.7. The molecule has 1 heterocycles. The molecule has 0 radical (unpaired) electrons. The van der Waals surface area contributed by atoms with Crippen LogP contribution in [-0.2, 0) is 19.0 Å². The quantitative estimate of drug-likeness (QED) is 0.0972. The lowest BCUT2D eigenvalue weighted by Gasteiger charge is -2.16. The number of esters is 1. The molecule has 0 unspecified atom stereocenters. The highest BCUT2D eigenvalue weighted by Crippen LogP contribution is 2.35. The zero-order valence-corrected chi connectivity index (χ0v) is 23.4. The zero-order chi connectivity index (χ0) is 28.2. The maximum absolute atomic E-state index is 12.7. The molecular formula is C31H45F3O5. The Balaban J connectivity index is 1.47. The highest BCUT2D eigenvalue weighted by molar-refractivity contribution is 5.68. The Bertz CT molecular complexity index is 869. The van der Waals surface area contributed by atoms with Crippen LogP contribution in [0.3, 0.4) is 0 Å². The van der Waals surface area contributed by atoms with Crippen molar-refractivity contribution in [3.05, 3.63) is 29.3 Å². The van der Waals surface area contributed by atoms with Crippen molar-refractivity contribution in [2.75, 3.05) is 20.3 Å². The van der Waals surface area contributed by atoms with Gasteiger partial charge in [-0.25, -0.2) is 0 Å². The van der Waals surface area contributed by atoms with E-state index in [2.05, 4.69) is 21.3 Å². The number of hydrogen-bond acceptors (Lipinski definition) is 5.